The fourth-order valence-electron chi connectivity index (χ4n) is 6.34. The molecule has 0 spiro atoms. The van der Waals surface area contributed by atoms with Crippen molar-refractivity contribution in [2.24, 2.45) is 0 Å². The van der Waals surface area contributed by atoms with Gasteiger partial charge in [-0.15, -0.1) is 11.3 Å². The number of aromatic nitrogens is 2. The summed E-state index contributed by atoms with van der Waals surface area (Å²) in [5, 5.41) is 1.56. The Morgan fingerprint density at radius 3 is 2.65 bits per heavy atom. The Balaban J connectivity index is 1.19. The van der Waals surface area contributed by atoms with E-state index in [9.17, 15) is 18.0 Å². The third-order valence-corrected chi connectivity index (χ3v) is 13.0. The highest BCUT2D eigenvalue weighted by molar-refractivity contribution is 7.92. The predicted molar refractivity (Wildman–Crippen MR) is 180 cm³/mol. The van der Waals surface area contributed by atoms with Crippen molar-refractivity contribution in [3.8, 4) is 21.8 Å². The molecule has 0 bridgehead atoms. The summed E-state index contributed by atoms with van der Waals surface area (Å²) in [4.78, 5) is 44.2. The van der Waals surface area contributed by atoms with E-state index in [1.54, 1.807) is 18.5 Å². The van der Waals surface area contributed by atoms with Crippen molar-refractivity contribution >= 4 is 43.8 Å². The fourth-order valence-corrected chi connectivity index (χ4v) is 9.95. The largest absolute Gasteiger partial charge is 0.444 e. The molecule has 5 heterocycles. The Hall–Kier alpha value is -4.43. The number of nitrogens with zero attached hydrogens (tertiary/aromatic N) is 3. The Kier molecular flexibility index (Phi) is 9.10. The molecule has 5 aromatic rings. The van der Waals surface area contributed by atoms with Crippen LogP contribution in [-0.4, -0.2) is 66.8 Å². The van der Waals surface area contributed by atoms with E-state index in [0.717, 1.165) is 34.2 Å². The van der Waals surface area contributed by atoms with E-state index in [1.807, 2.05) is 60.7 Å². The van der Waals surface area contributed by atoms with Crippen LogP contribution >= 0.6 is 11.3 Å². The molecule has 2 unspecified atom stereocenters. The topological polar surface area (TPSA) is 141 Å². The second-order valence-corrected chi connectivity index (χ2v) is 15.5. The minimum Gasteiger partial charge on any atom is -0.444 e. The number of thiophene rings is 1. The molecule has 48 heavy (non-hydrogen) atoms. The van der Waals surface area contributed by atoms with Gasteiger partial charge in [-0.25, -0.2) is 23.7 Å². The molecule has 2 aliphatic rings. The molecule has 0 aliphatic carbocycles. The van der Waals surface area contributed by atoms with Gasteiger partial charge >= 0.3 is 0 Å². The number of carbonyl (C=O) groups excluding carboxylic acids is 2. The first-order chi connectivity index (χ1) is 23.3. The lowest BCUT2D eigenvalue weighted by atomic mass is 9.97. The van der Waals surface area contributed by atoms with Crippen LogP contribution in [0.2, 0.25) is 0 Å². The number of nitrogens with one attached hydrogen (secondary N) is 1. The second kappa shape index (κ2) is 13.6. The maximum Gasteiger partial charge on any atom is 0.273 e. The van der Waals surface area contributed by atoms with Gasteiger partial charge in [0.05, 0.1) is 18.4 Å². The molecule has 2 fully saturated rings. The summed E-state index contributed by atoms with van der Waals surface area (Å²) < 4.78 is 38.2. The number of amides is 2. The first-order valence-corrected chi connectivity index (χ1v) is 18.3. The molecule has 13 heteroatoms. The molecule has 7 rings (SSSR count). The average Bonchev–Trinajstić information content (AvgIpc) is 3.82. The number of rotatable bonds is 8. The quantitative estimate of drug-likeness (QED) is 0.202. The predicted octanol–water partition coefficient (Wildman–Crippen LogP) is 5.74. The van der Waals surface area contributed by atoms with Gasteiger partial charge in [0.2, 0.25) is 5.91 Å². The van der Waals surface area contributed by atoms with Gasteiger partial charge in [0.15, 0.2) is 28.3 Å². The molecule has 0 radical (unpaired) electrons. The summed E-state index contributed by atoms with van der Waals surface area (Å²) in [7, 11) is -3.98. The van der Waals surface area contributed by atoms with Crippen molar-refractivity contribution < 1.29 is 32.0 Å². The van der Waals surface area contributed by atoms with Crippen LogP contribution in [0.5, 0.6) is 0 Å². The number of carbonyl (C=O) groups is 2. The van der Waals surface area contributed by atoms with E-state index in [4.69, 9.17) is 14.0 Å². The Morgan fingerprint density at radius 2 is 1.85 bits per heavy atom. The van der Waals surface area contributed by atoms with Crippen LogP contribution in [-0.2, 0) is 29.0 Å². The standard InChI is InChI=1S/C35H34N4O7S2/c40-31(38-46-32-7-3-4-19-44-32)21-35(30-13-12-29(47-30)26-10-8-25(9-11-26)28-22-36-23-45-28)15-17-39(18-20-48(35,42)43)34(41)33-27-6-2-1-5-24(27)14-16-37-33/h1-2,5-6,8-14,16,22-23,32H,3-4,7,15,17-21H2,(H,38,40). The molecule has 1 N–H and O–H groups in total. The van der Waals surface area contributed by atoms with Crippen molar-refractivity contribution in [1.82, 2.24) is 20.3 Å². The highest BCUT2D eigenvalue weighted by Gasteiger charge is 2.50. The second-order valence-electron chi connectivity index (χ2n) is 12.0. The van der Waals surface area contributed by atoms with Crippen LogP contribution < -0.4 is 5.48 Å². The molecule has 0 saturated carbocycles. The van der Waals surface area contributed by atoms with E-state index >= 15 is 0 Å². The van der Waals surface area contributed by atoms with Gasteiger partial charge < -0.3 is 14.1 Å². The first kappa shape index (κ1) is 32.1. The normalized spacial score (nSPS) is 21.1. The summed E-state index contributed by atoms with van der Waals surface area (Å²) in [6.45, 7) is 0.622. The highest BCUT2D eigenvalue weighted by Crippen LogP contribution is 2.45. The molecule has 2 aliphatic heterocycles. The molecule has 11 nitrogen and oxygen atoms in total. The van der Waals surface area contributed by atoms with E-state index < -0.39 is 26.8 Å². The monoisotopic (exact) mass is 686 g/mol. The third kappa shape index (κ3) is 6.38. The number of fused-ring (bicyclic) bond motifs is 1. The first-order valence-electron chi connectivity index (χ1n) is 15.8. The molecule has 2 saturated heterocycles. The number of hydrogen-bond acceptors (Lipinski definition) is 10. The van der Waals surface area contributed by atoms with Crippen LogP contribution in [0.4, 0.5) is 0 Å². The van der Waals surface area contributed by atoms with E-state index in [2.05, 4.69) is 15.4 Å². The molecule has 248 valence electrons. The van der Waals surface area contributed by atoms with Gasteiger partial charge in [-0.3, -0.25) is 14.6 Å². The average molecular weight is 687 g/mol. The lowest BCUT2D eigenvalue weighted by Gasteiger charge is -2.31. The van der Waals surface area contributed by atoms with Gasteiger partial charge in [0.25, 0.3) is 5.91 Å². The van der Waals surface area contributed by atoms with Crippen LogP contribution in [0, 0.1) is 0 Å². The zero-order chi connectivity index (χ0) is 33.1. The minimum atomic E-state index is -3.98. The third-order valence-electron chi connectivity index (χ3n) is 9.00. The molecule has 3 aromatic heterocycles. The van der Waals surface area contributed by atoms with Crippen LogP contribution in [0.3, 0.4) is 0 Å². The Labute approximate surface area is 281 Å². The van der Waals surface area contributed by atoms with Crippen molar-refractivity contribution in [1.29, 1.82) is 0 Å². The lowest BCUT2D eigenvalue weighted by Crippen LogP contribution is -2.43. The smallest absolute Gasteiger partial charge is 0.273 e. The Bertz CT molecular complexity index is 2020. The zero-order valence-corrected chi connectivity index (χ0v) is 27.7. The van der Waals surface area contributed by atoms with Crippen molar-refractivity contribution in [2.45, 2.75) is 43.1 Å². The van der Waals surface area contributed by atoms with E-state index in [0.29, 0.717) is 29.1 Å². The summed E-state index contributed by atoms with van der Waals surface area (Å²) >= 11 is 1.33. The summed E-state index contributed by atoms with van der Waals surface area (Å²) in [5.41, 5.74) is 4.48. The molecule has 2 aromatic carbocycles. The van der Waals surface area contributed by atoms with Crippen LogP contribution in [0.1, 0.15) is 47.5 Å². The van der Waals surface area contributed by atoms with Crippen LogP contribution in [0.25, 0.3) is 32.5 Å². The maximum atomic E-state index is 14.4. The number of pyridine rings is 1. The lowest BCUT2D eigenvalue weighted by molar-refractivity contribution is -0.200. The van der Waals surface area contributed by atoms with Gasteiger partial charge in [-0.1, -0.05) is 48.5 Å². The van der Waals surface area contributed by atoms with Gasteiger partial charge in [0, 0.05) is 53.0 Å². The Morgan fingerprint density at radius 1 is 1.02 bits per heavy atom. The van der Waals surface area contributed by atoms with Gasteiger partial charge in [0.1, 0.15) is 10.4 Å². The highest BCUT2D eigenvalue weighted by atomic mass is 32.2. The van der Waals surface area contributed by atoms with E-state index in [1.165, 1.54) is 22.6 Å². The zero-order valence-electron chi connectivity index (χ0n) is 26.0. The molecule has 2 amide bonds. The fraction of sp³-hybridized carbons (Fsp3) is 0.314. The van der Waals surface area contributed by atoms with Crippen LogP contribution in [0.15, 0.2) is 89.9 Å². The minimum absolute atomic E-state index is 0.0174. The van der Waals surface area contributed by atoms with Gasteiger partial charge in [-0.05, 0) is 48.4 Å². The van der Waals surface area contributed by atoms with Crippen molar-refractivity contribution in [3.63, 3.8) is 0 Å². The molecular formula is C35H34N4O7S2. The molecule has 2 atom stereocenters. The SMILES string of the molecule is O=C(CC1(c2ccc(-c3ccc(-c4cnco4)cc3)s2)CCN(C(=O)c2nccc3ccccc23)CCS1(=O)=O)NOC1CCCCO1. The number of benzene rings is 2. The number of sulfone groups is 1. The summed E-state index contributed by atoms with van der Waals surface area (Å²) in [6.07, 6.45) is 6.11. The van der Waals surface area contributed by atoms with E-state index in [-0.39, 0.29) is 43.3 Å². The molecular weight excluding hydrogens is 653 g/mol. The number of oxazole rings is 1. The number of hydroxylamine groups is 1. The number of hydrogen-bond donors (Lipinski definition) is 1. The van der Waals surface area contributed by atoms with Crippen molar-refractivity contribution in [2.75, 3.05) is 25.4 Å². The number of ether oxygens (including phenoxy) is 1. The summed E-state index contributed by atoms with van der Waals surface area (Å²) in [6, 6.07) is 20.6. The maximum absolute atomic E-state index is 14.4. The van der Waals surface area contributed by atoms with Crippen molar-refractivity contribution in [3.05, 3.63) is 96.1 Å². The van der Waals surface area contributed by atoms with Gasteiger partial charge in [-0.2, -0.15) is 0 Å². The summed E-state index contributed by atoms with van der Waals surface area (Å²) in [5.74, 6) is -0.599.